The van der Waals surface area contributed by atoms with E-state index in [1.807, 2.05) is 0 Å². The molecule has 5 rings (SSSR count). The molecule has 1 aliphatic rings. The number of ether oxygens (including phenoxy) is 1. The smallest absolute Gasteiger partial charge is 0.337 e. The fourth-order valence-electron chi connectivity index (χ4n) is 4.52. The Labute approximate surface area is 268 Å². The molecular formula is C34H26ClN3O6S. The molecule has 1 heterocycles. The number of hydrogen-bond acceptors (Lipinski definition) is 7. The van der Waals surface area contributed by atoms with Crippen LogP contribution in [0, 0.1) is 0 Å². The third kappa shape index (κ3) is 7.67. The van der Waals surface area contributed by atoms with E-state index in [-0.39, 0.29) is 23.9 Å². The Bertz CT molecular complexity index is 1790. The van der Waals surface area contributed by atoms with Gasteiger partial charge in [0.25, 0.3) is 11.8 Å². The summed E-state index contributed by atoms with van der Waals surface area (Å²) >= 11 is 7.35. The van der Waals surface area contributed by atoms with Crippen molar-refractivity contribution in [1.82, 2.24) is 5.32 Å². The summed E-state index contributed by atoms with van der Waals surface area (Å²) in [6.07, 6.45) is 1.54. The van der Waals surface area contributed by atoms with Gasteiger partial charge in [-0.2, -0.15) is 0 Å². The van der Waals surface area contributed by atoms with Crippen LogP contribution < -0.4 is 15.5 Å². The van der Waals surface area contributed by atoms with Crippen LogP contribution in [-0.4, -0.2) is 42.0 Å². The SMILES string of the molecule is COC(=O)c1ccc(N2C(=O)CC(Sc3ccc(NC(=O)/C(=C/c4cccc(Cl)c4)NC(=O)c4ccccc4)cc3)C2=O)cc1. The fraction of sp³-hybridized carbons (Fsp3) is 0.0882. The van der Waals surface area contributed by atoms with Crippen molar-refractivity contribution in [1.29, 1.82) is 0 Å². The third-order valence-corrected chi connectivity index (χ3v) is 8.16. The quantitative estimate of drug-likeness (QED) is 0.132. The molecule has 0 aromatic heterocycles. The molecule has 1 atom stereocenters. The molecule has 0 spiro atoms. The highest BCUT2D eigenvalue weighted by Crippen LogP contribution is 2.34. The summed E-state index contributed by atoms with van der Waals surface area (Å²) in [7, 11) is 1.27. The maximum atomic E-state index is 13.3. The van der Waals surface area contributed by atoms with Crippen molar-refractivity contribution in [2.45, 2.75) is 16.6 Å². The van der Waals surface area contributed by atoms with Crippen molar-refractivity contribution in [2.75, 3.05) is 17.3 Å². The molecule has 4 aromatic carbocycles. The molecule has 11 heteroatoms. The van der Waals surface area contributed by atoms with Gasteiger partial charge < -0.3 is 15.4 Å². The second-order valence-corrected chi connectivity index (χ2v) is 11.5. The number of methoxy groups -OCH3 is 1. The molecule has 1 saturated heterocycles. The Morgan fingerprint density at radius 1 is 0.889 bits per heavy atom. The molecule has 45 heavy (non-hydrogen) atoms. The lowest BCUT2D eigenvalue weighted by Crippen LogP contribution is -2.31. The number of nitrogens with one attached hydrogen (secondary N) is 2. The van der Waals surface area contributed by atoms with Crippen molar-refractivity contribution in [3.8, 4) is 0 Å². The molecule has 4 amide bonds. The van der Waals surface area contributed by atoms with Gasteiger partial charge in [-0.25, -0.2) is 9.69 Å². The van der Waals surface area contributed by atoms with Crippen molar-refractivity contribution in [3.05, 3.63) is 131 Å². The van der Waals surface area contributed by atoms with E-state index in [2.05, 4.69) is 10.6 Å². The number of carbonyl (C=O) groups is 5. The number of halogens is 1. The first-order valence-electron chi connectivity index (χ1n) is 13.7. The van der Waals surface area contributed by atoms with Crippen molar-refractivity contribution in [3.63, 3.8) is 0 Å². The van der Waals surface area contributed by atoms with Crippen LogP contribution in [0.1, 0.15) is 32.7 Å². The molecule has 1 aliphatic heterocycles. The minimum atomic E-state index is -0.640. The molecule has 0 bridgehead atoms. The molecule has 2 N–H and O–H groups in total. The second-order valence-electron chi connectivity index (χ2n) is 9.83. The van der Waals surface area contributed by atoms with Gasteiger partial charge in [-0.05, 0) is 84.4 Å². The van der Waals surface area contributed by atoms with E-state index in [1.54, 1.807) is 78.9 Å². The summed E-state index contributed by atoms with van der Waals surface area (Å²) in [5.74, 6) is -2.22. The first kappa shape index (κ1) is 31.2. The summed E-state index contributed by atoms with van der Waals surface area (Å²) in [5, 5.41) is 5.31. The fourth-order valence-corrected chi connectivity index (χ4v) is 5.77. The molecule has 226 valence electrons. The van der Waals surface area contributed by atoms with E-state index in [0.717, 1.165) is 4.90 Å². The van der Waals surface area contributed by atoms with Gasteiger partial charge in [-0.1, -0.05) is 41.9 Å². The van der Waals surface area contributed by atoms with Gasteiger partial charge in [0.1, 0.15) is 5.70 Å². The average Bonchev–Trinajstić information content (AvgIpc) is 3.33. The maximum Gasteiger partial charge on any atom is 0.337 e. The van der Waals surface area contributed by atoms with Gasteiger partial charge in [0.15, 0.2) is 0 Å². The summed E-state index contributed by atoms with van der Waals surface area (Å²) in [4.78, 5) is 65.6. The first-order valence-corrected chi connectivity index (χ1v) is 14.9. The number of benzene rings is 4. The first-order chi connectivity index (χ1) is 21.7. The molecule has 0 saturated carbocycles. The van der Waals surface area contributed by atoms with Crippen molar-refractivity contribution in [2.24, 2.45) is 0 Å². The predicted octanol–water partition coefficient (Wildman–Crippen LogP) is 5.96. The molecule has 1 unspecified atom stereocenters. The number of hydrogen-bond donors (Lipinski definition) is 2. The number of carbonyl (C=O) groups excluding carboxylic acids is 5. The van der Waals surface area contributed by atoms with Gasteiger partial charge >= 0.3 is 5.97 Å². The van der Waals surface area contributed by atoms with Crippen molar-refractivity contribution >= 4 is 70.4 Å². The van der Waals surface area contributed by atoms with E-state index in [9.17, 15) is 24.0 Å². The van der Waals surface area contributed by atoms with Crippen LogP contribution in [0.3, 0.4) is 0 Å². The lowest BCUT2D eigenvalue weighted by atomic mass is 10.1. The van der Waals surface area contributed by atoms with E-state index in [0.29, 0.717) is 38.0 Å². The minimum absolute atomic E-state index is 0.0133. The Morgan fingerprint density at radius 2 is 1.60 bits per heavy atom. The summed E-state index contributed by atoms with van der Waals surface area (Å²) in [5.41, 5.74) is 2.16. The normalized spacial score (nSPS) is 14.7. The van der Waals surface area contributed by atoms with E-state index >= 15 is 0 Å². The van der Waals surface area contributed by atoms with Crippen LogP contribution in [0.5, 0.6) is 0 Å². The highest BCUT2D eigenvalue weighted by molar-refractivity contribution is 8.00. The lowest BCUT2D eigenvalue weighted by molar-refractivity contribution is -0.121. The number of thioether (sulfide) groups is 1. The van der Waals surface area contributed by atoms with Gasteiger partial charge in [0, 0.05) is 27.6 Å². The summed E-state index contributed by atoms with van der Waals surface area (Å²) in [6.45, 7) is 0. The monoisotopic (exact) mass is 639 g/mol. The number of nitrogens with zero attached hydrogens (tertiary/aromatic N) is 1. The average molecular weight is 640 g/mol. The Kier molecular flexibility index (Phi) is 9.76. The number of imide groups is 1. The van der Waals surface area contributed by atoms with Crippen LogP contribution >= 0.6 is 23.4 Å². The molecule has 0 radical (unpaired) electrons. The standard InChI is InChI=1S/C34H26ClN3O6S/c1-44-34(43)23-10-14-26(15-11-23)38-30(39)20-29(33(38)42)45-27-16-12-25(13-17-27)36-32(41)28(19-21-6-5-9-24(35)18-21)37-31(40)22-7-3-2-4-8-22/h2-19,29H,20H2,1H3,(H,36,41)(H,37,40)/b28-19-. The van der Waals surface area contributed by atoms with Crippen LogP contribution in [0.2, 0.25) is 5.02 Å². The zero-order chi connectivity index (χ0) is 31.9. The Morgan fingerprint density at radius 3 is 2.27 bits per heavy atom. The number of esters is 1. The predicted molar refractivity (Wildman–Crippen MR) is 173 cm³/mol. The number of amides is 4. The molecule has 1 fully saturated rings. The lowest BCUT2D eigenvalue weighted by Gasteiger charge is -2.15. The summed E-state index contributed by atoms with van der Waals surface area (Å²) in [6, 6.07) is 28.3. The molecule has 4 aromatic rings. The van der Waals surface area contributed by atoms with Gasteiger partial charge in [0.2, 0.25) is 11.8 Å². The van der Waals surface area contributed by atoms with Crippen LogP contribution in [0.15, 0.2) is 114 Å². The molecular weight excluding hydrogens is 614 g/mol. The third-order valence-electron chi connectivity index (χ3n) is 6.73. The van der Waals surface area contributed by atoms with E-state index < -0.39 is 23.0 Å². The van der Waals surface area contributed by atoms with Crippen LogP contribution in [0.25, 0.3) is 6.08 Å². The van der Waals surface area contributed by atoms with E-state index in [1.165, 1.54) is 49.2 Å². The Balaban J connectivity index is 1.26. The molecule has 0 aliphatic carbocycles. The summed E-state index contributed by atoms with van der Waals surface area (Å²) < 4.78 is 4.69. The second kappa shape index (κ2) is 14.1. The molecule has 9 nitrogen and oxygen atoms in total. The van der Waals surface area contributed by atoms with Gasteiger partial charge in [0.05, 0.1) is 23.6 Å². The van der Waals surface area contributed by atoms with Gasteiger partial charge in [-0.3, -0.25) is 19.2 Å². The van der Waals surface area contributed by atoms with Crippen molar-refractivity contribution < 1.29 is 28.7 Å². The van der Waals surface area contributed by atoms with E-state index in [4.69, 9.17) is 16.3 Å². The number of rotatable bonds is 9. The highest BCUT2D eigenvalue weighted by Gasteiger charge is 2.40. The van der Waals surface area contributed by atoms with Gasteiger partial charge in [-0.15, -0.1) is 11.8 Å². The minimum Gasteiger partial charge on any atom is -0.465 e. The zero-order valence-corrected chi connectivity index (χ0v) is 25.4. The maximum absolute atomic E-state index is 13.3. The topological polar surface area (TPSA) is 122 Å². The zero-order valence-electron chi connectivity index (χ0n) is 23.9. The Hall–Kier alpha value is -5.19. The largest absolute Gasteiger partial charge is 0.465 e. The van der Waals surface area contributed by atoms with Crippen LogP contribution in [0.4, 0.5) is 11.4 Å². The number of anilines is 2. The van der Waals surface area contributed by atoms with Crippen LogP contribution in [-0.2, 0) is 19.1 Å². The highest BCUT2D eigenvalue weighted by atomic mass is 35.5.